The van der Waals surface area contributed by atoms with Crippen LogP contribution in [0.2, 0.25) is 0 Å². The Morgan fingerprint density at radius 3 is 2.82 bits per heavy atom. The molecule has 1 heterocycles. The van der Waals surface area contributed by atoms with Gasteiger partial charge in [-0.2, -0.15) is 0 Å². The molecule has 1 aromatic rings. The third kappa shape index (κ3) is 3.54. The summed E-state index contributed by atoms with van der Waals surface area (Å²) < 4.78 is 0. The zero-order valence-corrected chi connectivity index (χ0v) is 9.86. The van der Waals surface area contributed by atoms with E-state index in [4.69, 9.17) is 5.73 Å². The van der Waals surface area contributed by atoms with Crippen LogP contribution in [0.1, 0.15) is 12.0 Å². The molecule has 4 N–H and O–H groups in total. The number of hydrogen-bond donors (Lipinski definition) is 3. The van der Waals surface area contributed by atoms with Crippen molar-refractivity contribution in [1.82, 2.24) is 10.6 Å². The minimum atomic E-state index is -0.110. The Kier molecular flexibility index (Phi) is 4.12. The van der Waals surface area contributed by atoms with E-state index in [9.17, 15) is 4.79 Å². The van der Waals surface area contributed by atoms with Gasteiger partial charge >= 0.3 is 0 Å². The van der Waals surface area contributed by atoms with Crippen LogP contribution in [-0.2, 0) is 11.2 Å². The molecular weight excluding hydrogens is 214 g/mol. The Labute approximate surface area is 102 Å². The van der Waals surface area contributed by atoms with Gasteiger partial charge in [0.05, 0.1) is 6.04 Å². The third-order valence-corrected chi connectivity index (χ3v) is 3.04. The van der Waals surface area contributed by atoms with Crippen LogP contribution in [0.15, 0.2) is 30.3 Å². The van der Waals surface area contributed by atoms with E-state index in [1.54, 1.807) is 0 Å². The number of hydrogen-bond acceptors (Lipinski definition) is 3. The number of carbonyl (C=O) groups is 1. The van der Waals surface area contributed by atoms with Gasteiger partial charge in [-0.1, -0.05) is 30.3 Å². The number of benzene rings is 1. The van der Waals surface area contributed by atoms with Gasteiger partial charge < -0.3 is 16.4 Å². The number of carbonyl (C=O) groups excluding carboxylic acids is 1. The predicted molar refractivity (Wildman–Crippen MR) is 67.5 cm³/mol. The van der Waals surface area contributed by atoms with Crippen molar-refractivity contribution in [1.29, 1.82) is 0 Å². The van der Waals surface area contributed by atoms with Crippen LogP contribution in [0.5, 0.6) is 0 Å². The summed E-state index contributed by atoms with van der Waals surface area (Å²) in [5.74, 6) is 0.0638. The molecule has 1 fully saturated rings. The Morgan fingerprint density at radius 1 is 1.41 bits per heavy atom. The SMILES string of the molecule is NC1CNC(C(=O)NCCc2ccccc2)C1. The molecule has 0 aliphatic carbocycles. The number of nitrogens with one attached hydrogen (secondary N) is 2. The van der Waals surface area contributed by atoms with Crippen molar-refractivity contribution in [3.63, 3.8) is 0 Å². The van der Waals surface area contributed by atoms with Crippen molar-refractivity contribution in [2.75, 3.05) is 13.1 Å². The lowest BCUT2D eigenvalue weighted by atomic mass is 10.1. The topological polar surface area (TPSA) is 67.1 Å². The van der Waals surface area contributed by atoms with Gasteiger partial charge in [0.15, 0.2) is 0 Å². The molecule has 2 rings (SSSR count). The fraction of sp³-hybridized carbons (Fsp3) is 0.462. The smallest absolute Gasteiger partial charge is 0.237 e. The first-order valence-corrected chi connectivity index (χ1v) is 6.06. The molecule has 1 aliphatic rings. The minimum absolute atomic E-state index is 0.0638. The van der Waals surface area contributed by atoms with E-state index in [2.05, 4.69) is 22.8 Å². The number of nitrogens with two attached hydrogens (primary N) is 1. The Balaban J connectivity index is 1.70. The molecule has 0 bridgehead atoms. The predicted octanol–water partition coefficient (Wildman–Crippen LogP) is 0.0345. The van der Waals surface area contributed by atoms with Gasteiger partial charge in [0.2, 0.25) is 5.91 Å². The summed E-state index contributed by atoms with van der Waals surface area (Å²) in [6.45, 7) is 1.41. The van der Waals surface area contributed by atoms with Crippen molar-refractivity contribution < 1.29 is 4.79 Å². The lowest BCUT2D eigenvalue weighted by molar-refractivity contribution is -0.122. The van der Waals surface area contributed by atoms with Gasteiger partial charge in [0, 0.05) is 19.1 Å². The van der Waals surface area contributed by atoms with Gasteiger partial charge in [-0.15, -0.1) is 0 Å². The van der Waals surface area contributed by atoms with Gasteiger partial charge in [-0.3, -0.25) is 4.79 Å². The summed E-state index contributed by atoms with van der Waals surface area (Å²) in [4.78, 5) is 11.8. The second-order valence-electron chi connectivity index (χ2n) is 4.48. The molecule has 1 saturated heterocycles. The van der Waals surface area contributed by atoms with E-state index in [1.165, 1.54) is 5.56 Å². The van der Waals surface area contributed by atoms with Crippen LogP contribution < -0.4 is 16.4 Å². The second-order valence-corrected chi connectivity index (χ2v) is 4.48. The highest BCUT2D eigenvalue weighted by molar-refractivity contribution is 5.82. The van der Waals surface area contributed by atoms with E-state index < -0.39 is 0 Å². The highest BCUT2D eigenvalue weighted by Gasteiger charge is 2.26. The second kappa shape index (κ2) is 5.80. The van der Waals surface area contributed by atoms with Crippen molar-refractivity contribution in [2.45, 2.75) is 24.9 Å². The number of rotatable bonds is 4. The van der Waals surface area contributed by atoms with E-state index in [1.807, 2.05) is 18.2 Å². The molecule has 0 saturated carbocycles. The molecule has 0 radical (unpaired) electrons. The average molecular weight is 233 g/mol. The van der Waals surface area contributed by atoms with E-state index >= 15 is 0 Å². The largest absolute Gasteiger partial charge is 0.354 e. The van der Waals surface area contributed by atoms with Crippen LogP contribution in [0.25, 0.3) is 0 Å². The lowest BCUT2D eigenvalue weighted by Crippen LogP contribution is -2.41. The van der Waals surface area contributed by atoms with Gasteiger partial charge in [-0.25, -0.2) is 0 Å². The maximum absolute atomic E-state index is 11.8. The summed E-state index contributed by atoms with van der Waals surface area (Å²) in [5.41, 5.74) is 6.98. The summed E-state index contributed by atoms with van der Waals surface area (Å²) in [5, 5.41) is 6.05. The van der Waals surface area contributed by atoms with Crippen LogP contribution in [0.4, 0.5) is 0 Å². The molecule has 4 nitrogen and oxygen atoms in total. The molecule has 92 valence electrons. The summed E-state index contributed by atoms with van der Waals surface area (Å²) >= 11 is 0. The van der Waals surface area contributed by atoms with Crippen molar-refractivity contribution in [2.24, 2.45) is 5.73 Å². The quantitative estimate of drug-likeness (QED) is 0.687. The molecule has 1 aliphatic heterocycles. The fourth-order valence-electron chi connectivity index (χ4n) is 2.06. The van der Waals surface area contributed by atoms with Crippen molar-refractivity contribution >= 4 is 5.91 Å². The van der Waals surface area contributed by atoms with E-state index in [0.29, 0.717) is 6.54 Å². The minimum Gasteiger partial charge on any atom is -0.354 e. The molecule has 0 spiro atoms. The molecule has 1 aromatic carbocycles. The molecule has 0 aromatic heterocycles. The number of amides is 1. The van der Waals surface area contributed by atoms with Crippen LogP contribution in [0, 0.1) is 0 Å². The molecule has 4 heteroatoms. The van der Waals surface area contributed by atoms with Gasteiger partial charge in [0.1, 0.15) is 0 Å². The van der Waals surface area contributed by atoms with Crippen molar-refractivity contribution in [3.8, 4) is 0 Å². The van der Waals surface area contributed by atoms with Gasteiger partial charge in [0.25, 0.3) is 0 Å². The highest BCUT2D eigenvalue weighted by Crippen LogP contribution is 2.04. The Hall–Kier alpha value is -1.39. The summed E-state index contributed by atoms with van der Waals surface area (Å²) in [6, 6.07) is 10.1. The van der Waals surface area contributed by atoms with E-state index in [-0.39, 0.29) is 18.0 Å². The third-order valence-electron chi connectivity index (χ3n) is 3.04. The summed E-state index contributed by atoms with van der Waals surface area (Å²) in [7, 11) is 0. The summed E-state index contributed by atoms with van der Waals surface area (Å²) in [6.07, 6.45) is 1.60. The first-order valence-electron chi connectivity index (χ1n) is 6.06. The zero-order chi connectivity index (χ0) is 12.1. The molecule has 17 heavy (non-hydrogen) atoms. The molecule has 2 atom stereocenters. The standard InChI is InChI=1S/C13H19N3O/c14-11-8-12(16-9-11)13(17)15-7-6-10-4-2-1-3-5-10/h1-5,11-12,16H,6-9,14H2,(H,15,17). The maximum atomic E-state index is 11.8. The molecular formula is C13H19N3O. The normalized spacial score (nSPS) is 23.6. The van der Waals surface area contributed by atoms with Crippen molar-refractivity contribution in [3.05, 3.63) is 35.9 Å². The first-order chi connectivity index (χ1) is 8.25. The van der Waals surface area contributed by atoms with Crippen LogP contribution in [0.3, 0.4) is 0 Å². The Morgan fingerprint density at radius 2 is 2.18 bits per heavy atom. The van der Waals surface area contributed by atoms with Crippen LogP contribution in [-0.4, -0.2) is 31.1 Å². The monoisotopic (exact) mass is 233 g/mol. The fourth-order valence-corrected chi connectivity index (χ4v) is 2.06. The van der Waals surface area contributed by atoms with E-state index in [0.717, 1.165) is 19.4 Å². The van der Waals surface area contributed by atoms with Crippen LogP contribution >= 0.6 is 0 Å². The highest BCUT2D eigenvalue weighted by atomic mass is 16.2. The average Bonchev–Trinajstić information content (AvgIpc) is 2.77. The molecule has 2 unspecified atom stereocenters. The first kappa shape index (κ1) is 12.1. The molecule has 1 amide bonds. The maximum Gasteiger partial charge on any atom is 0.237 e. The Bertz CT molecular complexity index is 366. The lowest BCUT2D eigenvalue weighted by Gasteiger charge is -2.10. The van der Waals surface area contributed by atoms with Gasteiger partial charge in [-0.05, 0) is 18.4 Å². The zero-order valence-electron chi connectivity index (χ0n) is 9.86.